The monoisotopic (exact) mass is 450 g/mol. The molecule has 3 aliphatic rings. The van der Waals surface area contributed by atoms with Gasteiger partial charge >= 0.3 is 12.1 Å². The van der Waals surface area contributed by atoms with Gasteiger partial charge in [0.15, 0.2) is 6.10 Å². The maximum Gasteiger partial charge on any atom is 0.407 e. The summed E-state index contributed by atoms with van der Waals surface area (Å²) in [4.78, 5) is 38.1. The van der Waals surface area contributed by atoms with Crippen molar-refractivity contribution in [2.24, 2.45) is 0 Å². The molecule has 2 amide bonds. The first-order valence-electron chi connectivity index (χ1n) is 11.3. The van der Waals surface area contributed by atoms with Crippen molar-refractivity contribution in [3.8, 4) is 11.1 Å². The highest BCUT2D eigenvalue weighted by Crippen LogP contribution is 2.44. The van der Waals surface area contributed by atoms with Crippen LogP contribution in [0.4, 0.5) is 4.79 Å². The van der Waals surface area contributed by atoms with Gasteiger partial charge in [-0.1, -0.05) is 48.5 Å². The Labute approximate surface area is 191 Å². The number of nitrogens with zero attached hydrogens (tertiary/aromatic N) is 1. The Bertz CT molecular complexity index is 1040. The van der Waals surface area contributed by atoms with Crippen molar-refractivity contribution >= 4 is 18.0 Å². The summed E-state index contributed by atoms with van der Waals surface area (Å²) in [6, 6.07) is 15.6. The lowest BCUT2D eigenvalue weighted by atomic mass is 9.98. The van der Waals surface area contributed by atoms with Crippen molar-refractivity contribution in [1.82, 2.24) is 10.2 Å². The van der Waals surface area contributed by atoms with Gasteiger partial charge in [0, 0.05) is 18.6 Å². The Balaban J connectivity index is 1.22. The van der Waals surface area contributed by atoms with Gasteiger partial charge in [-0.3, -0.25) is 9.59 Å². The number of carbonyl (C=O) groups is 3. The lowest BCUT2D eigenvalue weighted by Crippen LogP contribution is -2.51. The van der Waals surface area contributed by atoms with Crippen molar-refractivity contribution in [1.29, 1.82) is 0 Å². The summed E-state index contributed by atoms with van der Waals surface area (Å²) in [5.41, 5.74) is 4.54. The topological polar surface area (TPSA) is 105 Å². The van der Waals surface area contributed by atoms with Crippen molar-refractivity contribution < 1.29 is 29.0 Å². The molecule has 172 valence electrons. The summed E-state index contributed by atoms with van der Waals surface area (Å²) < 4.78 is 11.2. The normalized spacial score (nSPS) is 21.2. The molecule has 1 saturated heterocycles. The highest BCUT2D eigenvalue weighted by molar-refractivity contribution is 5.86. The molecular formula is C25H26N2O6. The third-order valence-electron chi connectivity index (χ3n) is 6.56. The van der Waals surface area contributed by atoms with E-state index in [2.05, 4.69) is 29.6 Å². The Morgan fingerprint density at radius 1 is 1.00 bits per heavy atom. The van der Waals surface area contributed by atoms with Crippen LogP contribution in [0.1, 0.15) is 36.3 Å². The lowest BCUT2D eigenvalue weighted by Gasteiger charge is -2.26. The number of aliphatic carboxylic acids is 1. The maximum absolute atomic E-state index is 12.9. The van der Waals surface area contributed by atoms with Crippen LogP contribution in [0.3, 0.4) is 0 Å². The minimum atomic E-state index is -1.06. The zero-order valence-electron chi connectivity index (χ0n) is 18.1. The van der Waals surface area contributed by atoms with Gasteiger partial charge in [-0.25, -0.2) is 4.79 Å². The fourth-order valence-electron chi connectivity index (χ4n) is 4.85. The number of hydrogen-bond acceptors (Lipinski definition) is 5. The van der Waals surface area contributed by atoms with E-state index in [1.54, 1.807) is 0 Å². The van der Waals surface area contributed by atoms with Gasteiger partial charge in [0.25, 0.3) is 5.91 Å². The van der Waals surface area contributed by atoms with Crippen LogP contribution in [0, 0.1) is 0 Å². The van der Waals surface area contributed by atoms with Gasteiger partial charge in [-0.05, 0) is 41.5 Å². The smallest absolute Gasteiger partial charge is 0.407 e. The average Bonchev–Trinajstić information content (AvgIpc) is 3.47. The SMILES string of the molecule is O=C(O)CN(C(=O)[C@H]1OCC[C@H]1NC(=O)OCC1c2ccccc2-c2ccccc21)C1CC1. The quantitative estimate of drug-likeness (QED) is 0.672. The van der Waals surface area contributed by atoms with Crippen molar-refractivity contribution in [3.63, 3.8) is 0 Å². The van der Waals surface area contributed by atoms with Crippen LogP contribution in [-0.4, -0.2) is 65.9 Å². The predicted molar refractivity (Wildman–Crippen MR) is 119 cm³/mol. The number of hydrogen-bond donors (Lipinski definition) is 2. The Morgan fingerprint density at radius 2 is 1.64 bits per heavy atom. The minimum Gasteiger partial charge on any atom is -0.480 e. The number of amides is 2. The van der Waals surface area contributed by atoms with E-state index in [1.807, 2.05) is 24.3 Å². The van der Waals surface area contributed by atoms with Crippen LogP contribution in [0.2, 0.25) is 0 Å². The summed E-state index contributed by atoms with van der Waals surface area (Å²) in [6.45, 7) is 0.136. The summed E-state index contributed by atoms with van der Waals surface area (Å²) in [7, 11) is 0. The number of fused-ring (bicyclic) bond motifs is 3. The molecule has 1 heterocycles. The van der Waals surface area contributed by atoms with Gasteiger partial charge in [-0.2, -0.15) is 0 Å². The molecule has 2 N–H and O–H groups in total. The Hall–Kier alpha value is -3.39. The summed E-state index contributed by atoms with van der Waals surface area (Å²) >= 11 is 0. The van der Waals surface area contributed by atoms with E-state index in [-0.39, 0.29) is 31.0 Å². The molecule has 8 heteroatoms. The average molecular weight is 450 g/mol. The summed E-state index contributed by atoms with van der Waals surface area (Å²) in [6.07, 6.45) is 0.533. The molecule has 0 bridgehead atoms. The number of carboxylic acids is 1. The van der Waals surface area contributed by atoms with Crippen LogP contribution in [0.5, 0.6) is 0 Å². The van der Waals surface area contributed by atoms with E-state index in [9.17, 15) is 14.4 Å². The second-order valence-electron chi connectivity index (χ2n) is 8.75. The van der Waals surface area contributed by atoms with E-state index >= 15 is 0 Å². The second kappa shape index (κ2) is 8.86. The number of carboxylic acid groups (broad SMARTS) is 1. The lowest BCUT2D eigenvalue weighted by molar-refractivity contribution is -0.150. The van der Waals surface area contributed by atoms with Crippen LogP contribution >= 0.6 is 0 Å². The first kappa shape index (κ1) is 21.5. The predicted octanol–water partition coefficient (Wildman–Crippen LogP) is 2.76. The van der Waals surface area contributed by atoms with Gasteiger partial charge < -0.3 is 24.8 Å². The van der Waals surface area contributed by atoms with Crippen molar-refractivity contribution in [2.45, 2.75) is 43.4 Å². The molecule has 2 aliphatic carbocycles. The fourth-order valence-corrected chi connectivity index (χ4v) is 4.85. The molecule has 33 heavy (non-hydrogen) atoms. The van der Waals surface area contributed by atoms with E-state index < -0.39 is 24.2 Å². The van der Waals surface area contributed by atoms with E-state index in [4.69, 9.17) is 14.6 Å². The number of ether oxygens (including phenoxy) is 2. The largest absolute Gasteiger partial charge is 0.480 e. The van der Waals surface area contributed by atoms with Gasteiger partial charge in [0.05, 0.1) is 6.04 Å². The molecule has 2 aromatic carbocycles. The van der Waals surface area contributed by atoms with Crippen LogP contribution < -0.4 is 5.32 Å². The molecule has 2 aromatic rings. The second-order valence-corrected chi connectivity index (χ2v) is 8.75. The summed E-state index contributed by atoms with van der Waals surface area (Å²) in [5.74, 6) is -1.50. The molecule has 8 nitrogen and oxygen atoms in total. The molecule has 0 aromatic heterocycles. The number of rotatable bonds is 7. The van der Waals surface area contributed by atoms with E-state index in [0.29, 0.717) is 13.0 Å². The molecule has 1 aliphatic heterocycles. The third-order valence-corrected chi connectivity index (χ3v) is 6.56. The Morgan fingerprint density at radius 3 is 2.24 bits per heavy atom. The molecule has 2 fully saturated rings. The van der Waals surface area contributed by atoms with Gasteiger partial charge in [0.1, 0.15) is 13.2 Å². The number of alkyl carbamates (subject to hydrolysis) is 1. The molecule has 0 spiro atoms. The summed E-state index contributed by atoms with van der Waals surface area (Å²) in [5, 5.41) is 11.9. The highest BCUT2D eigenvalue weighted by atomic mass is 16.6. The maximum atomic E-state index is 12.9. The molecule has 5 rings (SSSR count). The molecule has 2 atom stereocenters. The first-order chi connectivity index (χ1) is 16.0. The third kappa shape index (κ3) is 4.30. The zero-order valence-corrected chi connectivity index (χ0v) is 18.1. The van der Waals surface area contributed by atoms with Crippen LogP contribution in [0.25, 0.3) is 11.1 Å². The molecule has 1 saturated carbocycles. The van der Waals surface area contributed by atoms with Crippen molar-refractivity contribution in [3.05, 3.63) is 59.7 Å². The highest BCUT2D eigenvalue weighted by Gasteiger charge is 2.43. The fraction of sp³-hybridized carbons (Fsp3) is 0.400. The van der Waals surface area contributed by atoms with E-state index in [1.165, 1.54) is 4.90 Å². The first-order valence-corrected chi connectivity index (χ1v) is 11.3. The minimum absolute atomic E-state index is 0.0543. The van der Waals surface area contributed by atoms with Gasteiger partial charge in [0.2, 0.25) is 0 Å². The van der Waals surface area contributed by atoms with E-state index in [0.717, 1.165) is 35.1 Å². The zero-order chi connectivity index (χ0) is 22.9. The van der Waals surface area contributed by atoms with Crippen molar-refractivity contribution in [2.75, 3.05) is 19.8 Å². The van der Waals surface area contributed by atoms with Crippen LogP contribution in [0.15, 0.2) is 48.5 Å². The molecule has 0 unspecified atom stereocenters. The molecule has 0 radical (unpaired) electrons. The molecular weight excluding hydrogens is 424 g/mol. The number of carbonyl (C=O) groups excluding carboxylic acids is 2. The van der Waals surface area contributed by atoms with Gasteiger partial charge in [-0.15, -0.1) is 0 Å². The number of benzene rings is 2. The Kier molecular flexibility index (Phi) is 5.76. The standard InChI is InChI=1S/C25H26N2O6/c28-22(29)13-27(15-9-10-15)24(30)23-21(11-12-32-23)26-25(31)33-14-20-18-7-3-1-5-16(18)17-6-2-4-8-19(17)20/h1-8,15,20-21,23H,9-14H2,(H,26,31)(H,28,29)/t21-,23+/m1/s1. The number of nitrogens with one attached hydrogen (secondary N) is 1. The van der Waals surface area contributed by atoms with Crippen LogP contribution in [-0.2, 0) is 19.1 Å².